The fourth-order valence-corrected chi connectivity index (χ4v) is 3.32. The van der Waals surface area contributed by atoms with Gasteiger partial charge in [-0.1, -0.05) is 18.2 Å². The number of aromatic nitrogens is 3. The molecule has 2 aromatic heterocycles. The number of carbonyl (C=O) groups excluding carboxylic acids is 1. The first-order chi connectivity index (χ1) is 14.1. The first kappa shape index (κ1) is 18.5. The van der Waals surface area contributed by atoms with E-state index in [1.54, 1.807) is 13.3 Å². The molecule has 0 spiro atoms. The van der Waals surface area contributed by atoms with Crippen LogP contribution in [0.15, 0.2) is 53.6 Å². The highest BCUT2D eigenvalue weighted by atomic mass is 16.5. The van der Waals surface area contributed by atoms with E-state index in [0.29, 0.717) is 11.4 Å². The minimum absolute atomic E-state index is 0.344. The Kier molecular flexibility index (Phi) is 4.87. The first-order valence-corrected chi connectivity index (χ1v) is 9.18. The van der Waals surface area contributed by atoms with Gasteiger partial charge >= 0.3 is 0 Å². The van der Waals surface area contributed by atoms with Crippen molar-refractivity contribution in [2.75, 3.05) is 7.11 Å². The predicted molar refractivity (Wildman–Crippen MR) is 113 cm³/mol. The molecular formula is C22H21N5O2. The van der Waals surface area contributed by atoms with E-state index in [1.165, 1.54) is 0 Å². The summed E-state index contributed by atoms with van der Waals surface area (Å²) in [4.78, 5) is 15.9. The summed E-state index contributed by atoms with van der Waals surface area (Å²) < 4.78 is 5.18. The van der Waals surface area contributed by atoms with Gasteiger partial charge in [0.1, 0.15) is 11.4 Å². The maximum absolute atomic E-state index is 12.6. The SMILES string of the molecule is COc1ccc(-c2n[nH]c(C(=O)NN=Cc3c(C)[nH]c4ccccc34)c2C)cc1. The average molecular weight is 387 g/mol. The Morgan fingerprint density at radius 1 is 1.14 bits per heavy atom. The van der Waals surface area contributed by atoms with Crippen LogP contribution in [0.25, 0.3) is 22.2 Å². The molecular weight excluding hydrogens is 366 g/mol. The van der Waals surface area contributed by atoms with Crippen LogP contribution in [0.2, 0.25) is 0 Å². The maximum Gasteiger partial charge on any atom is 0.289 e. The molecule has 0 aliphatic heterocycles. The summed E-state index contributed by atoms with van der Waals surface area (Å²) in [5.74, 6) is 0.422. The molecule has 3 N–H and O–H groups in total. The lowest BCUT2D eigenvalue weighted by Crippen LogP contribution is -2.19. The predicted octanol–water partition coefficient (Wildman–Crippen LogP) is 3.95. The van der Waals surface area contributed by atoms with Crippen molar-refractivity contribution < 1.29 is 9.53 Å². The molecule has 0 aliphatic carbocycles. The normalized spacial score (nSPS) is 11.3. The van der Waals surface area contributed by atoms with Crippen molar-refractivity contribution in [3.8, 4) is 17.0 Å². The molecule has 7 heteroatoms. The van der Waals surface area contributed by atoms with Crippen LogP contribution in [0.3, 0.4) is 0 Å². The molecule has 0 saturated carbocycles. The minimum atomic E-state index is -0.344. The molecule has 29 heavy (non-hydrogen) atoms. The first-order valence-electron chi connectivity index (χ1n) is 9.18. The number of nitrogens with one attached hydrogen (secondary N) is 3. The smallest absolute Gasteiger partial charge is 0.289 e. The number of carbonyl (C=O) groups is 1. The molecule has 0 fully saturated rings. The fraction of sp³-hybridized carbons (Fsp3) is 0.136. The van der Waals surface area contributed by atoms with Gasteiger partial charge in [0.05, 0.1) is 19.0 Å². The van der Waals surface area contributed by atoms with E-state index < -0.39 is 0 Å². The van der Waals surface area contributed by atoms with Gasteiger partial charge in [0, 0.05) is 33.3 Å². The maximum atomic E-state index is 12.6. The summed E-state index contributed by atoms with van der Waals surface area (Å²) >= 11 is 0. The van der Waals surface area contributed by atoms with Crippen LogP contribution in [-0.2, 0) is 0 Å². The third kappa shape index (κ3) is 3.50. The van der Waals surface area contributed by atoms with Crippen molar-refractivity contribution in [3.05, 3.63) is 71.0 Å². The Morgan fingerprint density at radius 3 is 2.66 bits per heavy atom. The van der Waals surface area contributed by atoms with E-state index in [0.717, 1.165) is 39.0 Å². The van der Waals surface area contributed by atoms with Crippen LogP contribution in [0.1, 0.15) is 27.3 Å². The van der Waals surface area contributed by atoms with Crippen molar-refractivity contribution in [2.24, 2.45) is 5.10 Å². The number of hydrazone groups is 1. The number of fused-ring (bicyclic) bond motifs is 1. The van der Waals surface area contributed by atoms with E-state index >= 15 is 0 Å². The van der Waals surface area contributed by atoms with Gasteiger partial charge in [-0.3, -0.25) is 9.89 Å². The number of para-hydroxylation sites is 1. The standard InChI is InChI=1S/C22H21N5O2/c1-13-20(15-8-10-16(29-3)11-9-15)25-26-21(13)22(28)27-23-12-18-14(2)24-19-7-5-4-6-17(18)19/h4-12,24H,1-3H3,(H,25,26)(H,27,28). The fourth-order valence-electron chi connectivity index (χ4n) is 3.32. The van der Waals surface area contributed by atoms with Gasteiger partial charge < -0.3 is 9.72 Å². The monoisotopic (exact) mass is 387 g/mol. The molecule has 0 unspecified atom stereocenters. The zero-order valence-electron chi connectivity index (χ0n) is 16.4. The average Bonchev–Trinajstić information content (AvgIpc) is 3.27. The summed E-state index contributed by atoms with van der Waals surface area (Å²) in [5.41, 5.74) is 8.30. The van der Waals surface area contributed by atoms with Gasteiger partial charge in [-0.15, -0.1) is 0 Å². The van der Waals surface area contributed by atoms with Crippen LogP contribution >= 0.6 is 0 Å². The molecule has 146 valence electrons. The summed E-state index contributed by atoms with van der Waals surface area (Å²) in [6, 6.07) is 15.5. The second-order valence-electron chi connectivity index (χ2n) is 6.71. The number of ether oxygens (including phenoxy) is 1. The highest BCUT2D eigenvalue weighted by Gasteiger charge is 2.16. The molecule has 0 aliphatic rings. The second kappa shape index (κ2) is 7.63. The van der Waals surface area contributed by atoms with Gasteiger partial charge in [-0.2, -0.15) is 10.2 Å². The Morgan fingerprint density at radius 2 is 1.90 bits per heavy atom. The van der Waals surface area contributed by atoms with E-state index in [-0.39, 0.29) is 5.91 Å². The number of methoxy groups -OCH3 is 1. The van der Waals surface area contributed by atoms with Crippen molar-refractivity contribution >= 4 is 23.0 Å². The lowest BCUT2D eigenvalue weighted by atomic mass is 10.1. The van der Waals surface area contributed by atoms with E-state index in [1.807, 2.05) is 62.4 Å². The summed E-state index contributed by atoms with van der Waals surface area (Å²) in [5, 5.41) is 12.3. The lowest BCUT2D eigenvalue weighted by Gasteiger charge is -2.02. The Labute approximate surface area is 167 Å². The molecule has 0 radical (unpaired) electrons. The highest BCUT2D eigenvalue weighted by Crippen LogP contribution is 2.25. The van der Waals surface area contributed by atoms with Crippen LogP contribution in [-0.4, -0.2) is 34.4 Å². The zero-order valence-corrected chi connectivity index (χ0v) is 16.4. The quantitative estimate of drug-likeness (QED) is 0.357. The Hall–Kier alpha value is -3.87. The molecule has 0 atom stereocenters. The third-order valence-corrected chi connectivity index (χ3v) is 4.90. The second-order valence-corrected chi connectivity index (χ2v) is 6.71. The molecule has 0 bridgehead atoms. The van der Waals surface area contributed by atoms with Gasteiger partial charge in [-0.25, -0.2) is 5.43 Å². The number of hydrogen-bond acceptors (Lipinski definition) is 4. The third-order valence-electron chi connectivity index (χ3n) is 4.90. The van der Waals surface area contributed by atoms with Crippen LogP contribution in [0, 0.1) is 13.8 Å². The van der Waals surface area contributed by atoms with Crippen molar-refractivity contribution in [1.82, 2.24) is 20.6 Å². The Bertz CT molecular complexity index is 1200. The number of amides is 1. The zero-order chi connectivity index (χ0) is 20.4. The van der Waals surface area contributed by atoms with Gasteiger partial charge in [0.2, 0.25) is 0 Å². The van der Waals surface area contributed by atoms with E-state index in [2.05, 4.69) is 25.7 Å². The van der Waals surface area contributed by atoms with Crippen molar-refractivity contribution in [3.63, 3.8) is 0 Å². The molecule has 4 aromatic rings. The van der Waals surface area contributed by atoms with E-state index in [9.17, 15) is 4.79 Å². The van der Waals surface area contributed by atoms with E-state index in [4.69, 9.17) is 4.74 Å². The molecule has 0 saturated heterocycles. The number of nitrogens with zero attached hydrogens (tertiary/aromatic N) is 2. The number of rotatable bonds is 5. The summed E-state index contributed by atoms with van der Waals surface area (Å²) in [6.07, 6.45) is 1.65. The van der Waals surface area contributed by atoms with Crippen LogP contribution < -0.4 is 10.2 Å². The number of aryl methyl sites for hydroxylation is 1. The molecule has 4 rings (SSSR count). The van der Waals surface area contributed by atoms with Crippen LogP contribution in [0.4, 0.5) is 0 Å². The molecule has 2 heterocycles. The number of H-pyrrole nitrogens is 2. The topological polar surface area (TPSA) is 95.2 Å². The lowest BCUT2D eigenvalue weighted by molar-refractivity contribution is 0.0949. The molecule has 2 aromatic carbocycles. The summed E-state index contributed by atoms with van der Waals surface area (Å²) in [7, 11) is 1.62. The van der Waals surface area contributed by atoms with Gasteiger partial charge in [0.25, 0.3) is 5.91 Å². The number of benzene rings is 2. The minimum Gasteiger partial charge on any atom is -0.497 e. The number of aromatic amines is 2. The Balaban J connectivity index is 1.52. The van der Waals surface area contributed by atoms with Crippen molar-refractivity contribution in [2.45, 2.75) is 13.8 Å². The number of hydrogen-bond donors (Lipinski definition) is 3. The molecule has 7 nitrogen and oxygen atoms in total. The summed E-state index contributed by atoms with van der Waals surface area (Å²) in [6.45, 7) is 3.83. The van der Waals surface area contributed by atoms with Gasteiger partial charge in [0.15, 0.2) is 0 Å². The highest BCUT2D eigenvalue weighted by molar-refractivity contribution is 6.01. The molecule has 1 amide bonds. The van der Waals surface area contributed by atoms with Crippen molar-refractivity contribution in [1.29, 1.82) is 0 Å². The van der Waals surface area contributed by atoms with Crippen LogP contribution in [0.5, 0.6) is 5.75 Å². The van der Waals surface area contributed by atoms with Gasteiger partial charge in [-0.05, 0) is 44.2 Å². The largest absolute Gasteiger partial charge is 0.497 e.